The predicted molar refractivity (Wildman–Crippen MR) is 110 cm³/mol. The van der Waals surface area contributed by atoms with Gasteiger partial charge >= 0.3 is 17.9 Å². The van der Waals surface area contributed by atoms with E-state index < -0.39 is 17.3 Å². The minimum atomic E-state index is -0.671. The fourth-order valence-electron chi connectivity index (χ4n) is 7.28. The lowest BCUT2D eigenvalue weighted by molar-refractivity contribution is -0.224. The van der Waals surface area contributed by atoms with Gasteiger partial charge in [-0.3, -0.25) is 9.59 Å². The van der Waals surface area contributed by atoms with E-state index in [4.69, 9.17) is 23.7 Å². The van der Waals surface area contributed by atoms with Crippen molar-refractivity contribution in [3.63, 3.8) is 0 Å². The van der Waals surface area contributed by atoms with Gasteiger partial charge in [0.1, 0.15) is 24.4 Å². The van der Waals surface area contributed by atoms with Gasteiger partial charge in [0.05, 0.1) is 12.0 Å². The number of carbonyl (C=O) groups is 3. The monoisotopic (exact) mass is 448 g/mol. The van der Waals surface area contributed by atoms with E-state index in [-0.39, 0.29) is 41.4 Å². The highest BCUT2D eigenvalue weighted by molar-refractivity contribution is 5.85. The predicted octanol–water partition coefficient (Wildman–Crippen LogP) is 2.68. The molecule has 0 aromatic carbocycles. The molecule has 5 aliphatic rings. The van der Waals surface area contributed by atoms with Crippen molar-refractivity contribution in [2.24, 2.45) is 22.7 Å². The van der Waals surface area contributed by atoms with Crippen molar-refractivity contribution in [3.05, 3.63) is 11.6 Å². The van der Waals surface area contributed by atoms with Gasteiger partial charge in [-0.2, -0.15) is 0 Å². The third kappa shape index (κ3) is 2.98. The lowest BCUT2D eigenvalue weighted by atomic mass is 9.43. The van der Waals surface area contributed by atoms with Gasteiger partial charge < -0.3 is 23.7 Å². The van der Waals surface area contributed by atoms with Crippen LogP contribution in [0.25, 0.3) is 0 Å². The number of rotatable bonds is 5. The van der Waals surface area contributed by atoms with Crippen LogP contribution in [0.5, 0.6) is 0 Å². The minimum Gasteiger partial charge on any atom is -0.460 e. The maximum atomic E-state index is 12.0. The molecule has 0 aromatic heterocycles. The summed E-state index contributed by atoms with van der Waals surface area (Å²) in [6, 6.07) is 0. The summed E-state index contributed by atoms with van der Waals surface area (Å²) in [5, 5.41) is 0. The van der Waals surface area contributed by atoms with Crippen molar-refractivity contribution >= 4 is 17.9 Å². The number of ether oxygens (including phenoxy) is 5. The number of epoxide rings is 1. The van der Waals surface area contributed by atoms with Gasteiger partial charge in [0.15, 0.2) is 0 Å². The second-order valence-corrected chi connectivity index (χ2v) is 10.5. The van der Waals surface area contributed by atoms with Crippen LogP contribution < -0.4 is 0 Å². The molecule has 0 amide bonds. The molecule has 0 aromatic rings. The van der Waals surface area contributed by atoms with Crippen LogP contribution in [0, 0.1) is 22.7 Å². The molecular formula is C24H32O8. The summed E-state index contributed by atoms with van der Waals surface area (Å²) in [7, 11) is 0. The molecule has 176 valence electrons. The van der Waals surface area contributed by atoms with Crippen LogP contribution in [0.3, 0.4) is 0 Å². The number of hydrogen-bond donors (Lipinski definition) is 0. The first-order valence-electron chi connectivity index (χ1n) is 11.6. The second kappa shape index (κ2) is 7.29. The molecule has 8 nitrogen and oxygen atoms in total. The molecule has 0 unspecified atom stereocenters. The number of hydrogen-bond acceptors (Lipinski definition) is 8. The van der Waals surface area contributed by atoms with Gasteiger partial charge in [0, 0.05) is 19.9 Å². The Morgan fingerprint density at radius 1 is 1.22 bits per heavy atom. The Balaban J connectivity index is 1.52. The van der Waals surface area contributed by atoms with E-state index in [2.05, 4.69) is 13.8 Å². The Morgan fingerprint density at radius 3 is 2.62 bits per heavy atom. The second-order valence-electron chi connectivity index (χ2n) is 10.5. The molecule has 4 fully saturated rings. The average molecular weight is 449 g/mol. The van der Waals surface area contributed by atoms with Crippen LogP contribution >= 0.6 is 0 Å². The van der Waals surface area contributed by atoms with Gasteiger partial charge in [-0.05, 0) is 54.9 Å². The molecule has 8 heteroatoms. The summed E-state index contributed by atoms with van der Waals surface area (Å²) < 4.78 is 29.0. The first-order chi connectivity index (χ1) is 15.1. The Morgan fingerprint density at radius 2 is 1.97 bits per heavy atom. The lowest BCUT2D eigenvalue weighted by Gasteiger charge is -2.59. The lowest BCUT2D eigenvalue weighted by Crippen LogP contribution is -2.63. The Hall–Kier alpha value is -1.93. The summed E-state index contributed by atoms with van der Waals surface area (Å²) in [6.45, 7) is 8.07. The topological polar surface area (TPSA) is 101 Å². The highest BCUT2D eigenvalue weighted by Gasteiger charge is 2.85. The van der Waals surface area contributed by atoms with Crippen molar-refractivity contribution in [2.75, 3.05) is 13.2 Å². The smallest absolute Gasteiger partial charge is 0.331 e. The maximum Gasteiger partial charge on any atom is 0.331 e. The van der Waals surface area contributed by atoms with E-state index in [1.165, 1.54) is 13.8 Å². The van der Waals surface area contributed by atoms with Crippen LogP contribution in [0.2, 0.25) is 0 Å². The van der Waals surface area contributed by atoms with Crippen LogP contribution in [-0.2, 0) is 38.1 Å². The zero-order valence-corrected chi connectivity index (χ0v) is 19.2. The van der Waals surface area contributed by atoms with Crippen LogP contribution in [0.15, 0.2) is 11.6 Å². The number of esters is 3. The van der Waals surface area contributed by atoms with E-state index in [1.807, 2.05) is 0 Å². The summed E-state index contributed by atoms with van der Waals surface area (Å²) in [6.07, 6.45) is 4.39. The fraction of sp³-hybridized carbons (Fsp3) is 0.792. The standard InChI is InChI=1S/C24H32O8/c1-13-5-8-23-18(22(13,4)7-6-16-9-19(27)28-11-16)10-17(30-14(2)25)20-24(23,32-20)12-29-21(23)31-15(3)26/h9,13,17-18,20-21H,5-8,10-12H2,1-4H3/t13-,17-,18-,20-,21+,22+,23+,24-/m0/s1. The first kappa shape index (κ1) is 21.9. The van der Waals surface area contributed by atoms with Crippen molar-refractivity contribution in [3.8, 4) is 0 Å². The largest absolute Gasteiger partial charge is 0.460 e. The first-order valence-corrected chi connectivity index (χ1v) is 11.6. The molecule has 0 bridgehead atoms. The van der Waals surface area contributed by atoms with Crippen molar-refractivity contribution < 1.29 is 38.1 Å². The van der Waals surface area contributed by atoms with Gasteiger partial charge in [-0.15, -0.1) is 0 Å². The molecule has 5 rings (SSSR count). The molecule has 0 radical (unpaired) electrons. The summed E-state index contributed by atoms with van der Waals surface area (Å²) in [5.74, 6) is -0.515. The SMILES string of the molecule is CC(=O)O[C@H]1OC[C@]23O[C@H]2[C@@H](OC(C)=O)C[C@H]2[C@](C)(CCC4=CC(=O)OC4)[C@@H](C)CC[C@]123. The van der Waals surface area contributed by atoms with E-state index in [0.29, 0.717) is 25.6 Å². The van der Waals surface area contributed by atoms with Gasteiger partial charge in [0.2, 0.25) is 6.29 Å². The highest BCUT2D eigenvalue weighted by atomic mass is 16.7. The van der Waals surface area contributed by atoms with Crippen molar-refractivity contribution in [1.29, 1.82) is 0 Å². The third-order valence-electron chi connectivity index (χ3n) is 9.03. The Kier molecular flexibility index (Phi) is 4.98. The van der Waals surface area contributed by atoms with Crippen LogP contribution in [-0.4, -0.2) is 55.2 Å². The molecule has 3 heterocycles. The normalized spacial score (nSPS) is 46.3. The fourth-order valence-corrected chi connectivity index (χ4v) is 7.28. The summed E-state index contributed by atoms with van der Waals surface area (Å²) in [5.41, 5.74) is -0.218. The van der Waals surface area contributed by atoms with E-state index in [9.17, 15) is 14.4 Å². The van der Waals surface area contributed by atoms with Crippen LogP contribution in [0.1, 0.15) is 59.8 Å². The molecule has 8 atom stereocenters. The molecule has 2 aliphatic carbocycles. The van der Waals surface area contributed by atoms with Gasteiger partial charge in [0.25, 0.3) is 0 Å². The van der Waals surface area contributed by atoms with Crippen molar-refractivity contribution in [1.82, 2.24) is 0 Å². The van der Waals surface area contributed by atoms with E-state index >= 15 is 0 Å². The van der Waals surface area contributed by atoms with E-state index in [0.717, 1.165) is 31.3 Å². The quantitative estimate of drug-likeness (QED) is 0.360. The maximum absolute atomic E-state index is 12.0. The minimum absolute atomic E-state index is 0.0623. The molecule has 2 spiro atoms. The molecule has 32 heavy (non-hydrogen) atoms. The van der Waals surface area contributed by atoms with Crippen LogP contribution in [0.4, 0.5) is 0 Å². The Bertz CT molecular complexity index is 881. The zero-order chi connectivity index (χ0) is 22.9. The van der Waals surface area contributed by atoms with Gasteiger partial charge in [-0.25, -0.2) is 4.79 Å². The summed E-state index contributed by atoms with van der Waals surface area (Å²) in [4.78, 5) is 35.4. The molecular weight excluding hydrogens is 416 g/mol. The molecule has 3 aliphatic heterocycles. The van der Waals surface area contributed by atoms with E-state index in [1.54, 1.807) is 6.08 Å². The molecule has 0 N–H and O–H groups in total. The number of cyclic esters (lactones) is 1. The van der Waals surface area contributed by atoms with Gasteiger partial charge in [-0.1, -0.05) is 13.8 Å². The third-order valence-corrected chi connectivity index (χ3v) is 9.03. The Labute approximate surface area is 187 Å². The molecule has 2 saturated carbocycles. The van der Waals surface area contributed by atoms with Crippen molar-refractivity contribution in [2.45, 2.75) is 83.9 Å². The average Bonchev–Trinajstić information content (AvgIpc) is 3.22. The molecule has 2 saturated heterocycles. The highest BCUT2D eigenvalue weighted by Crippen LogP contribution is 2.74. The number of carbonyl (C=O) groups excluding carboxylic acids is 3. The zero-order valence-electron chi connectivity index (χ0n) is 19.2. The summed E-state index contributed by atoms with van der Waals surface area (Å²) >= 11 is 0.